The van der Waals surface area contributed by atoms with E-state index in [0.29, 0.717) is 12.6 Å². The minimum atomic E-state index is 0. The van der Waals surface area contributed by atoms with E-state index in [-0.39, 0.29) is 30.1 Å². The van der Waals surface area contributed by atoms with Crippen molar-refractivity contribution in [2.45, 2.75) is 58.2 Å². The molecular weight excluding hydrogens is 497 g/mol. The Morgan fingerprint density at radius 1 is 1.30 bits per heavy atom. The Labute approximate surface area is 197 Å². The average molecular weight is 535 g/mol. The second-order valence-electron chi connectivity index (χ2n) is 7.83. The maximum Gasteiger partial charge on any atom is 0.191 e. The van der Waals surface area contributed by atoms with Gasteiger partial charge in [0.15, 0.2) is 11.8 Å². The third-order valence-corrected chi connectivity index (χ3v) is 5.83. The third-order valence-electron chi connectivity index (χ3n) is 5.83. The standard InChI is InChI=1S/C20H37N7O2.HI/c1-4-27-10-5-7-17(27)13-22-20(23-14-19-25-24-16(2)26(19)3)21-9-6-11-29-18-8-12-28-15-18;/h17-18H,4-15H2,1-3H3,(H2,21,22,23);1H. The molecule has 30 heavy (non-hydrogen) atoms. The SMILES string of the molecule is CCN1CCCC1CNC(=NCc1nnc(C)n1C)NCCCOC1CCOC1.I. The molecule has 0 radical (unpaired) electrons. The molecule has 3 rings (SSSR count). The summed E-state index contributed by atoms with van der Waals surface area (Å²) < 4.78 is 13.2. The van der Waals surface area contributed by atoms with E-state index in [1.807, 2.05) is 18.5 Å². The number of likely N-dealkylation sites (N-methyl/N-ethyl adjacent to an activating group) is 1. The average Bonchev–Trinajstić information content (AvgIpc) is 3.47. The van der Waals surface area contributed by atoms with E-state index in [1.54, 1.807) is 0 Å². The van der Waals surface area contributed by atoms with Gasteiger partial charge in [0.05, 0.1) is 12.7 Å². The number of aliphatic imine (C=N–C) groups is 1. The lowest BCUT2D eigenvalue weighted by Gasteiger charge is -2.24. The van der Waals surface area contributed by atoms with Gasteiger partial charge < -0.3 is 24.7 Å². The van der Waals surface area contributed by atoms with E-state index in [2.05, 4.69) is 32.7 Å². The molecule has 0 spiro atoms. The number of nitrogens with one attached hydrogen (secondary N) is 2. The summed E-state index contributed by atoms with van der Waals surface area (Å²) in [4.78, 5) is 7.28. The molecule has 0 aromatic carbocycles. The molecule has 3 heterocycles. The summed E-state index contributed by atoms with van der Waals surface area (Å²) in [5, 5.41) is 15.3. The topological polar surface area (TPSA) is 88.8 Å². The molecule has 1 aromatic heterocycles. The normalized spacial score (nSPS) is 22.3. The maximum atomic E-state index is 5.85. The molecule has 0 bridgehead atoms. The van der Waals surface area contributed by atoms with Crippen LogP contribution in [0.4, 0.5) is 0 Å². The molecule has 0 amide bonds. The van der Waals surface area contributed by atoms with Crippen LogP contribution in [0.3, 0.4) is 0 Å². The lowest BCUT2D eigenvalue weighted by atomic mass is 10.2. The predicted octanol–water partition coefficient (Wildman–Crippen LogP) is 1.46. The highest BCUT2D eigenvalue weighted by Gasteiger charge is 2.22. The van der Waals surface area contributed by atoms with Gasteiger partial charge in [0.25, 0.3) is 0 Å². The Kier molecular flexibility index (Phi) is 11.3. The summed E-state index contributed by atoms with van der Waals surface area (Å²) in [5.41, 5.74) is 0. The lowest BCUT2D eigenvalue weighted by Crippen LogP contribution is -2.45. The summed E-state index contributed by atoms with van der Waals surface area (Å²) in [5.74, 6) is 2.59. The zero-order valence-corrected chi connectivity index (χ0v) is 20.9. The van der Waals surface area contributed by atoms with Gasteiger partial charge in [-0.2, -0.15) is 0 Å². The summed E-state index contributed by atoms with van der Waals surface area (Å²) in [7, 11) is 1.97. The van der Waals surface area contributed by atoms with E-state index in [4.69, 9.17) is 14.5 Å². The molecule has 2 N–H and O–H groups in total. The number of rotatable bonds is 10. The minimum absolute atomic E-state index is 0. The van der Waals surface area contributed by atoms with Crippen molar-refractivity contribution in [1.29, 1.82) is 0 Å². The van der Waals surface area contributed by atoms with Crippen molar-refractivity contribution in [2.75, 3.05) is 46.0 Å². The molecule has 172 valence electrons. The van der Waals surface area contributed by atoms with Gasteiger partial charge in [0.2, 0.25) is 0 Å². The predicted molar refractivity (Wildman–Crippen MR) is 128 cm³/mol. The van der Waals surface area contributed by atoms with Gasteiger partial charge >= 0.3 is 0 Å². The number of ether oxygens (including phenoxy) is 2. The van der Waals surface area contributed by atoms with Crippen LogP contribution >= 0.6 is 24.0 Å². The van der Waals surface area contributed by atoms with E-state index < -0.39 is 0 Å². The quantitative estimate of drug-likeness (QED) is 0.203. The van der Waals surface area contributed by atoms with Crippen molar-refractivity contribution >= 4 is 29.9 Å². The Hall–Kier alpha value is -0.980. The number of aryl methyl sites for hydroxylation is 1. The number of likely N-dealkylation sites (tertiary alicyclic amines) is 1. The zero-order chi connectivity index (χ0) is 20.5. The second-order valence-corrected chi connectivity index (χ2v) is 7.83. The molecule has 0 saturated carbocycles. The maximum absolute atomic E-state index is 5.85. The van der Waals surface area contributed by atoms with Crippen LogP contribution in [0.25, 0.3) is 0 Å². The zero-order valence-electron chi connectivity index (χ0n) is 18.6. The molecule has 2 saturated heterocycles. The van der Waals surface area contributed by atoms with Crippen molar-refractivity contribution in [1.82, 2.24) is 30.3 Å². The summed E-state index contributed by atoms with van der Waals surface area (Å²) in [6, 6.07) is 0.578. The molecule has 2 aliphatic heterocycles. The number of guanidine groups is 1. The van der Waals surface area contributed by atoms with Gasteiger partial charge in [-0.1, -0.05) is 6.92 Å². The number of halogens is 1. The molecule has 9 nitrogen and oxygen atoms in total. The first-order chi connectivity index (χ1) is 14.2. The molecule has 2 unspecified atom stereocenters. The lowest BCUT2D eigenvalue weighted by molar-refractivity contribution is 0.0420. The van der Waals surface area contributed by atoms with Gasteiger partial charge in [-0.05, 0) is 45.7 Å². The number of hydrogen-bond donors (Lipinski definition) is 2. The first kappa shape index (κ1) is 25.3. The summed E-state index contributed by atoms with van der Waals surface area (Å²) in [6.45, 7) is 11.0. The molecular formula is C20H38IN7O2. The van der Waals surface area contributed by atoms with Crippen molar-refractivity contribution in [3.8, 4) is 0 Å². The fraction of sp³-hybridized carbons (Fsp3) is 0.850. The van der Waals surface area contributed by atoms with E-state index in [1.165, 1.54) is 19.4 Å². The van der Waals surface area contributed by atoms with E-state index in [9.17, 15) is 0 Å². The number of aromatic nitrogens is 3. The first-order valence-electron chi connectivity index (χ1n) is 11.0. The molecule has 2 atom stereocenters. The van der Waals surface area contributed by atoms with Gasteiger partial charge in [-0.15, -0.1) is 34.2 Å². The minimum Gasteiger partial charge on any atom is -0.379 e. The fourth-order valence-corrected chi connectivity index (χ4v) is 3.84. The molecule has 1 aromatic rings. The van der Waals surface area contributed by atoms with Crippen LogP contribution in [0, 0.1) is 6.92 Å². The largest absolute Gasteiger partial charge is 0.379 e. The van der Waals surface area contributed by atoms with Crippen molar-refractivity contribution in [3.63, 3.8) is 0 Å². The Morgan fingerprint density at radius 3 is 2.87 bits per heavy atom. The molecule has 0 aliphatic carbocycles. The van der Waals surface area contributed by atoms with Crippen LogP contribution in [0.2, 0.25) is 0 Å². The Morgan fingerprint density at radius 2 is 2.17 bits per heavy atom. The first-order valence-corrected chi connectivity index (χ1v) is 11.0. The highest BCUT2D eigenvalue weighted by atomic mass is 127. The van der Waals surface area contributed by atoms with Crippen LogP contribution in [-0.4, -0.2) is 83.8 Å². The highest BCUT2D eigenvalue weighted by Crippen LogP contribution is 2.15. The highest BCUT2D eigenvalue weighted by molar-refractivity contribution is 14.0. The van der Waals surface area contributed by atoms with Crippen LogP contribution in [0.5, 0.6) is 0 Å². The fourth-order valence-electron chi connectivity index (χ4n) is 3.84. The van der Waals surface area contributed by atoms with Crippen molar-refractivity contribution < 1.29 is 9.47 Å². The Bertz CT molecular complexity index is 649. The molecule has 2 fully saturated rings. The van der Waals surface area contributed by atoms with Crippen molar-refractivity contribution in [3.05, 3.63) is 11.6 Å². The summed E-state index contributed by atoms with van der Waals surface area (Å²) in [6.07, 6.45) is 4.73. The Balaban J connectivity index is 0.00000320. The number of hydrogen-bond acceptors (Lipinski definition) is 6. The van der Waals surface area contributed by atoms with Gasteiger partial charge in [0, 0.05) is 39.4 Å². The van der Waals surface area contributed by atoms with Gasteiger partial charge in [-0.3, -0.25) is 4.90 Å². The van der Waals surface area contributed by atoms with Crippen molar-refractivity contribution in [2.24, 2.45) is 12.0 Å². The molecule has 10 heteroatoms. The molecule has 2 aliphatic rings. The van der Waals surface area contributed by atoms with Crippen LogP contribution in [0.1, 0.15) is 44.3 Å². The van der Waals surface area contributed by atoms with Crippen LogP contribution < -0.4 is 10.6 Å². The van der Waals surface area contributed by atoms with Crippen LogP contribution in [0.15, 0.2) is 4.99 Å². The summed E-state index contributed by atoms with van der Waals surface area (Å²) >= 11 is 0. The monoisotopic (exact) mass is 535 g/mol. The third kappa shape index (κ3) is 7.61. The van der Waals surface area contributed by atoms with Gasteiger partial charge in [-0.25, -0.2) is 4.99 Å². The van der Waals surface area contributed by atoms with E-state index in [0.717, 1.165) is 69.9 Å². The second kappa shape index (κ2) is 13.4. The van der Waals surface area contributed by atoms with Crippen LogP contribution in [-0.2, 0) is 23.1 Å². The smallest absolute Gasteiger partial charge is 0.191 e. The van der Waals surface area contributed by atoms with E-state index >= 15 is 0 Å². The van der Waals surface area contributed by atoms with Gasteiger partial charge in [0.1, 0.15) is 12.4 Å². The number of nitrogens with zero attached hydrogens (tertiary/aromatic N) is 5.